The van der Waals surface area contributed by atoms with Gasteiger partial charge in [-0.3, -0.25) is 4.79 Å². The highest BCUT2D eigenvalue weighted by Gasteiger charge is 2.16. The number of aromatic hydroxyl groups is 1. The summed E-state index contributed by atoms with van der Waals surface area (Å²) in [5.74, 6) is 0.310. The summed E-state index contributed by atoms with van der Waals surface area (Å²) in [7, 11) is 0. The van der Waals surface area contributed by atoms with Crippen LogP contribution >= 0.6 is 34.0 Å². The van der Waals surface area contributed by atoms with Gasteiger partial charge in [-0.1, -0.05) is 12.1 Å². The Morgan fingerprint density at radius 1 is 0.773 bits per heavy atom. The number of phenolic OH excluding ortho intramolecular Hbond substituents is 1. The van der Waals surface area contributed by atoms with Crippen molar-refractivity contribution < 1.29 is 9.90 Å². The lowest BCUT2D eigenvalue weighted by Crippen LogP contribution is -1.75. The summed E-state index contributed by atoms with van der Waals surface area (Å²) in [6, 6.07) is 11.5. The van der Waals surface area contributed by atoms with Crippen molar-refractivity contribution >= 4 is 79.3 Å². The van der Waals surface area contributed by atoms with E-state index in [2.05, 4.69) is 0 Å². The van der Waals surface area contributed by atoms with Gasteiger partial charge in [-0.2, -0.15) is 0 Å². The fourth-order valence-electron chi connectivity index (χ4n) is 2.83. The molecule has 2 nitrogen and oxygen atoms in total. The van der Waals surface area contributed by atoms with Crippen molar-refractivity contribution in [2.75, 3.05) is 0 Å². The lowest BCUT2D eigenvalue weighted by atomic mass is 10.2. The molecule has 5 aromatic rings. The average molecular weight is 340 g/mol. The van der Waals surface area contributed by atoms with Crippen molar-refractivity contribution in [3.05, 3.63) is 42.0 Å². The van der Waals surface area contributed by atoms with Gasteiger partial charge in [0.1, 0.15) is 12.0 Å². The fourth-order valence-corrected chi connectivity index (χ4v) is 7.18. The predicted octanol–water partition coefficient (Wildman–Crippen LogP) is 6.00. The monoisotopic (exact) mass is 340 g/mol. The Balaban J connectivity index is 1.95. The summed E-state index contributed by atoms with van der Waals surface area (Å²) in [6.45, 7) is 0. The van der Waals surface area contributed by atoms with E-state index in [4.69, 9.17) is 0 Å². The van der Waals surface area contributed by atoms with Crippen LogP contribution in [0.5, 0.6) is 5.75 Å². The van der Waals surface area contributed by atoms with E-state index in [1.807, 2.05) is 30.3 Å². The standard InChI is InChI=1S/C17H8O2S3/c18-7-8-1-3-10-12(5-8)20-16-14(10)22-15-11-4-2-9(19)6-13(11)21-17(15)16/h1-7,19H. The molecule has 0 unspecified atom stereocenters. The first kappa shape index (κ1) is 12.6. The highest BCUT2D eigenvalue weighted by Crippen LogP contribution is 2.50. The second-order valence-corrected chi connectivity index (χ2v) is 8.30. The quantitative estimate of drug-likeness (QED) is 0.380. The molecule has 0 saturated carbocycles. The Morgan fingerprint density at radius 2 is 1.41 bits per heavy atom. The molecular formula is C17H8O2S3. The molecule has 5 rings (SSSR count). The average Bonchev–Trinajstić information content (AvgIpc) is 3.14. The van der Waals surface area contributed by atoms with Crippen molar-refractivity contribution in [1.82, 2.24) is 0 Å². The number of carbonyl (C=O) groups is 1. The Kier molecular flexibility index (Phi) is 2.45. The number of thiophene rings is 3. The maximum Gasteiger partial charge on any atom is 0.150 e. The number of hydrogen-bond donors (Lipinski definition) is 1. The molecule has 22 heavy (non-hydrogen) atoms. The van der Waals surface area contributed by atoms with Crippen molar-refractivity contribution in [2.24, 2.45) is 0 Å². The first-order valence-electron chi connectivity index (χ1n) is 6.70. The molecule has 0 saturated heterocycles. The zero-order chi connectivity index (χ0) is 14.8. The number of fused-ring (bicyclic) bond motifs is 7. The SMILES string of the molecule is O=Cc1ccc2c(c1)sc1c2sc2c3ccc(O)cc3sc21. The summed E-state index contributed by atoms with van der Waals surface area (Å²) in [5.41, 5.74) is 0.721. The lowest BCUT2D eigenvalue weighted by Gasteiger charge is -1.92. The van der Waals surface area contributed by atoms with Crippen LogP contribution in [0.25, 0.3) is 39.0 Å². The van der Waals surface area contributed by atoms with Gasteiger partial charge in [-0.05, 0) is 24.3 Å². The lowest BCUT2D eigenvalue weighted by molar-refractivity contribution is 0.112. The van der Waals surface area contributed by atoms with Crippen LogP contribution in [0, 0.1) is 0 Å². The summed E-state index contributed by atoms with van der Waals surface area (Å²) in [4.78, 5) is 11.0. The van der Waals surface area contributed by atoms with Crippen molar-refractivity contribution in [2.45, 2.75) is 0 Å². The Morgan fingerprint density at radius 3 is 2.09 bits per heavy atom. The highest BCUT2D eigenvalue weighted by molar-refractivity contribution is 7.43. The van der Waals surface area contributed by atoms with Gasteiger partial charge < -0.3 is 5.11 Å². The topological polar surface area (TPSA) is 37.3 Å². The van der Waals surface area contributed by atoms with E-state index in [-0.39, 0.29) is 0 Å². The molecule has 3 heterocycles. The van der Waals surface area contributed by atoms with Gasteiger partial charge in [0.15, 0.2) is 0 Å². The van der Waals surface area contributed by atoms with Gasteiger partial charge in [0.2, 0.25) is 0 Å². The first-order chi connectivity index (χ1) is 10.7. The van der Waals surface area contributed by atoms with Crippen LogP contribution < -0.4 is 0 Å². The Bertz CT molecular complexity index is 1210. The maximum atomic E-state index is 11.0. The molecule has 0 aliphatic heterocycles. The number of carbonyl (C=O) groups excluding carboxylic acids is 1. The molecule has 5 heteroatoms. The molecular weight excluding hydrogens is 332 g/mol. The summed E-state index contributed by atoms with van der Waals surface area (Å²) >= 11 is 5.28. The third-order valence-electron chi connectivity index (χ3n) is 3.84. The molecule has 0 atom stereocenters. The van der Waals surface area contributed by atoms with Gasteiger partial charge in [-0.15, -0.1) is 34.0 Å². The van der Waals surface area contributed by atoms with E-state index >= 15 is 0 Å². The predicted molar refractivity (Wildman–Crippen MR) is 97.1 cm³/mol. The minimum absolute atomic E-state index is 0.310. The third-order valence-corrected chi connectivity index (χ3v) is 7.83. The maximum absolute atomic E-state index is 11.0. The van der Waals surface area contributed by atoms with Gasteiger partial charge in [0.25, 0.3) is 0 Å². The molecule has 0 bridgehead atoms. The summed E-state index contributed by atoms with van der Waals surface area (Å²) in [5, 5.41) is 12.1. The van der Waals surface area contributed by atoms with Crippen LogP contribution in [0.1, 0.15) is 10.4 Å². The number of hydrogen-bond acceptors (Lipinski definition) is 5. The smallest absolute Gasteiger partial charge is 0.150 e. The molecule has 3 aromatic heterocycles. The van der Waals surface area contributed by atoms with Crippen molar-refractivity contribution in [3.8, 4) is 5.75 Å². The van der Waals surface area contributed by atoms with Crippen molar-refractivity contribution in [3.63, 3.8) is 0 Å². The first-order valence-corrected chi connectivity index (χ1v) is 9.15. The number of benzene rings is 2. The Labute approximate surface area is 136 Å². The van der Waals surface area contributed by atoms with E-state index < -0.39 is 0 Å². The minimum Gasteiger partial charge on any atom is -0.508 e. The van der Waals surface area contributed by atoms with Crippen molar-refractivity contribution in [1.29, 1.82) is 0 Å². The second kappa shape index (κ2) is 4.29. The molecule has 106 valence electrons. The number of rotatable bonds is 1. The molecule has 1 N–H and O–H groups in total. The zero-order valence-electron chi connectivity index (χ0n) is 11.1. The van der Waals surface area contributed by atoms with Crippen LogP contribution in [0.2, 0.25) is 0 Å². The zero-order valence-corrected chi connectivity index (χ0v) is 13.6. The second-order valence-electron chi connectivity index (χ2n) is 5.18. The van der Waals surface area contributed by atoms with Gasteiger partial charge in [0.05, 0.1) is 18.8 Å². The molecule has 0 aliphatic carbocycles. The third kappa shape index (κ3) is 1.56. The van der Waals surface area contributed by atoms with E-state index in [0.717, 1.165) is 21.2 Å². The van der Waals surface area contributed by atoms with Gasteiger partial charge >= 0.3 is 0 Å². The van der Waals surface area contributed by atoms with Crippen LogP contribution in [0.15, 0.2) is 36.4 Å². The molecule has 0 fully saturated rings. The molecule has 0 radical (unpaired) electrons. The molecule has 2 aromatic carbocycles. The van der Waals surface area contributed by atoms with Crippen LogP contribution in [-0.2, 0) is 0 Å². The largest absolute Gasteiger partial charge is 0.508 e. The normalized spacial score (nSPS) is 12.0. The Hall–Kier alpha value is -1.95. The highest BCUT2D eigenvalue weighted by atomic mass is 32.1. The van der Waals surface area contributed by atoms with Gasteiger partial charge in [0, 0.05) is 25.7 Å². The summed E-state index contributed by atoms with van der Waals surface area (Å²) in [6.07, 6.45) is 0.894. The number of aldehydes is 1. The number of phenols is 1. The van der Waals surface area contributed by atoms with Gasteiger partial charge in [-0.25, -0.2) is 0 Å². The van der Waals surface area contributed by atoms with Crippen LogP contribution in [0.4, 0.5) is 0 Å². The van der Waals surface area contributed by atoms with E-state index in [0.29, 0.717) is 5.75 Å². The van der Waals surface area contributed by atoms with Crippen LogP contribution in [0.3, 0.4) is 0 Å². The molecule has 0 spiro atoms. The fraction of sp³-hybridized carbons (Fsp3) is 0. The van der Waals surface area contributed by atoms with E-state index in [1.54, 1.807) is 40.1 Å². The van der Waals surface area contributed by atoms with Crippen LogP contribution in [-0.4, -0.2) is 11.4 Å². The van der Waals surface area contributed by atoms with E-state index in [9.17, 15) is 9.90 Å². The summed E-state index contributed by atoms with van der Waals surface area (Å²) < 4.78 is 7.45. The molecule has 0 aliphatic rings. The van der Waals surface area contributed by atoms with E-state index in [1.165, 1.54) is 29.6 Å². The minimum atomic E-state index is 0.310. The molecule has 0 amide bonds.